The Kier molecular flexibility index (Phi) is 3.97. The lowest BCUT2D eigenvalue weighted by atomic mass is 9.96. The smallest absolute Gasteiger partial charge is 0.416 e. The summed E-state index contributed by atoms with van der Waals surface area (Å²) >= 11 is 0. The lowest BCUT2D eigenvalue weighted by molar-refractivity contribution is -0.138. The normalized spacial score (nSPS) is 11.6. The highest BCUT2D eigenvalue weighted by molar-refractivity contribution is 5.94. The van der Waals surface area contributed by atoms with Crippen molar-refractivity contribution in [3.8, 4) is 0 Å². The fourth-order valence-corrected chi connectivity index (χ4v) is 2.65. The van der Waals surface area contributed by atoms with Crippen LogP contribution in [-0.4, -0.2) is 16.1 Å². The van der Waals surface area contributed by atoms with Gasteiger partial charge in [-0.25, -0.2) is 4.79 Å². The van der Waals surface area contributed by atoms with Crippen molar-refractivity contribution in [3.63, 3.8) is 0 Å². The number of benzene rings is 2. The zero-order chi connectivity index (χ0) is 17.3. The Balaban J connectivity index is 2.11. The Morgan fingerprint density at radius 3 is 2.50 bits per heavy atom. The highest BCUT2D eigenvalue weighted by atomic mass is 19.4. The standard InChI is InChI=1S/C18H12F3NO2/c19-18(20,21)15-4-2-1-3-12(15)9-11-7-8-22-16-6-5-13(17(23)24)10-14(11)16/h1-8,10H,9H2,(H,23,24). The topological polar surface area (TPSA) is 50.2 Å². The van der Waals surface area contributed by atoms with Gasteiger partial charge in [-0.1, -0.05) is 18.2 Å². The van der Waals surface area contributed by atoms with Gasteiger partial charge >= 0.3 is 12.1 Å². The molecule has 0 bridgehead atoms. The van der Waals surface area contributed by atoms with E-state index in [-0.39, 0.29) is 17.5 Å². The van der Waals surface area contributed by atoms with Crippen LogP contribution in [-0.2, 0) is 12.6 Å². The molecule has 1 N–H and O–H groups in total. The van der Waals surface area contributed by atoms with E-state index < -0.39 is 17.7 Å². The number of carbonyl (C=O) groups is 1. The third-order valence-electron chi connectivity index (χ3n) is 3.78. The van der Waals surface area contributed by atoms with E-state index in [9.17, 15) is 18.0 Å². The number of aromatic nitrogens is 1. The van der Waals surface area contributed by atoms with Crippen molar-refractivity contribution in [1.82, 2.24) is 4.98 Å². The molecule has 1 aromatic heterocycles. The minimum atomic E-state index is -4.44. The number of hydrogen-bond donors (Lipinski definition) is 1. The molecule has 24 heavy (non-hydrogen) atoms. The maximum atomic E-state index is 13.1. The number of alkyl halides is 3. The van der Waals surface area contributed by atoms with Crippen LogP contribution >= 0.6 is 0 Å². The fourth-order valence-electron chi connectivity index (χ4n) is 2.65. The zero-order valence-electron chi connectivity index (χ0n) is 12.3. The number of aromatic carboxylic acids is 1. The van der Waals surface area contributed by atoms with Gasteiger partial charge in [0.05, 0.1) is 16.6 Å². The number of carboxylic acids is 1. The van der Waals surface area contributed by atoms with Crippen LogP contribution in [0.15, 0.2) is 54.7 Å². The average molecular weight is 331 g/mol. The molecule has 122 valence electrons. The fraction of sp³-hybridized carbons (Fsp3) is 0.111. The van der Waals surface area contributed by atoms with E-state index in [0.29, 0.717) is 16.5 Å². The Morgan fingerprint density at radius 1 is 1.04 bits per heavy atom. The van der Waals surface area contributed by atoms with Crippen molar-refractivity contribution in [2.24, 2.45) is 0 Å². The van der Waals surface area contributed by atoms with Crippen molar-refractivity contribution in [2.45, 2.75) is 12.6 Å². The van der Waals surface area contributed by atoms with Crippen LogP contribution < -0.4 is 0 Å². The molecule has 0 aliphatic carbocycles. The van der Waals surface area contributed by atoms with Crippen molar-refractivity contribution in [2.75, 3.05) is 0 Å². The van der Waals surface area contributed by atoms with Crippen LogP contribution in [0.4, 0.5) is 13.2 Å². The molecule has 0 aliphatic heterocycles. The summed E-state index contributed by atoms with van der Waals surface area (Å²) in [6.07, 6.45) is -2.89. The summed E-state index contributed by atoms with van der Waals surface area (Å²) in [5.41, 5.74) is 0.658. The van der Waals surface area contributed by atoms with E-state index in [0.717, 1.165) is 6.07 Å². The average Bonchev–Trinajstić information content (AvgIpc) is 2.54. The molecule has 0 fully saturated rings. The number of nitrogens with zero attached hydrogens (tertiary/aromatic N) is 1. The van der Waals surface area contributed by atoms with Gasteiger partial charge < -0.3 is 5.11 Å². The molecule has 3 nitrogen and oxygen atoms in total. The first-order chi connectivity index (χ1) is 11.4. The summed E-state index contributed by atoms with van der Waals surface area (Å²) < 4.78 is 39.4. The Bertz CT molecular complexity index is 920. The molecular formula is C18H12F3NO2. The van der Waals surface area contributed by atoms with Gasteiger partial charge in [-0.3, -0.25) is 4.98 Å². The van der Waals surface area contributed by atoms with E-state index in [4.69, 9.17) is 5.11 Å². The molecule has 6 heteroatoms. The highest BCUT2D eigenvalue weighted by Gasteiger charge is 2.32. The molecule has 0 atom stereocenters. The molecule has 0 spiro atoms. The Morgan fingerprint density at radius 2 is 1.79 bits per heavy atom. The Labute approximate surface area is 135 Å². The molecule has 0 saturated carbocycles. The molecule has 3 rings (SSSR count). The minimum Gasteiger partial charge on any atom is -0.478 e. The van der Waals surface area contributed by atoms with E-state index in [1.165, 1.54) is 30.5 Å². The number of fused-ring (bicyclic) bond motifs is 1. The van der Waals surface area contributed by atoms with Crippen molar-refractivity contribution < 1.29 is 23.1 Å². The maximum absolute atomic E-state index is 13.1. The van der Waals surface area contributed by atoms with Crippen LogP contribution in [0.1, 0.15) is 27.0 Å². The number of halogens is 3. The molecule has 0 radical (unpaired) electrons. The third kappa shape index (κ3) is 3.08. The summed E-state index contributed by atoms with van der Waals surface area (Å²) in [6, 6.07) is 11.4. The summed E-state index contributed by atoms with van der Waals surface area (Å²) in [7, 11) is 0. The molecule has 2 aromatic carbocycles. The van der Waals surface area contributed by atoms with Crippen molar-refractivity contribution >= 4 is 16.9 Å². The predicted molar refractivity (Wildman–Crippen MR) is 83.0 cm³/mol. The summed E-state index contributed by atoms with van der Waals surface area (Å²) in [5, 5.41) is 9.64. The van der Waals surface area contributed by atoms with Gasteiger partial charge in [-0.2, -0.15) is 13.2 Å². The molecule has 0 aliphatic rings. The van der Waals surface area contributed by atoms with Gasteiger partial charge in [-0.05, 0) is 47.9 Å². The Hall–Kier alpha value is -2.89. The van der Waals surface area contributed by atoms with Crippen LogP contribution in [0.2, 0.25) is 0 Å². The SMILES string of the molecule is O=C(O)c1ccc2nccc(Cc3ccccc3C(F)(F)F)c2c1. The second-order valence-electron chi connectivity index (χ2n) is 5.34. The van der Waals surface area contributed by atoms with Gasteiger partial charge in [0, 0.05) is 11.6 Å². The number of rotatable bonds is 3. The number of hydrogen-bond acceptors (Lipinski definition) is 2. The largest absolute Gasteiger partial charge is 0.478 e. The summed E-state index contributed by atoms with van der Waals surface area (Å²) in [4.78, 5) is 15.3. The molecule has 1 heterocycles. The van der Waals surface area contributed by atoms with Gasteiger partial charge in [0.2, 0.25) is 0 Å². The molecule has 0 unspecified atom stereocenters. The quantitative estimate of drug-likeness (QED) is 0.766. The van der Waals surface area contributed by atoms with Gasteiger partial charge in [-0.15, -0.1) is 0 Å². The van der Waals surface area contributed by atoms with Crippen molar-refractivity contribution in [3.05, 3.63) is 77.0 Å². The van der Waals surface area contributed by atoms with Gasteiger partial charge in [0.1, 0.15) is 0 Å². The summed E-state index contributed by atoms with van der Waals surface area (Å²) in [6.45, 7) is 0. The van der Waals surface area contributed by atoms with E-state index in [1.54, 1.807) is 18.2 Å². The maximum Gasteiger partial charge on any atom is 0.416 e. The second kappa shape index (κ2) is 5.96. The monoisotopic (exact) mass is 331 g/mol. The van der Waals surface area contributed by atoms with Crippen LogP contribution in [0.3, 0.4) is 0 Å². The molecular weight excluding hydrogens is 319 g/mol. The first kappa shape index (κ1) is 16.0. The van der Waals surface area contributed by atoms with E-state index >= 15 is 0 Å². The van der Waals surface area contributed by atoms with Gasteiger partial charge in [0.25, 0.3) is 0 Å². The lowest BCUT2D eigenvalue weighted by Gasteiger charge is -2.13. The molecule has 0 amide bonds. The van der Waals surface area contributed by atoms with E-state index in [2.05, 4.69) is 4.98 Å². The predicted octanol–water partition coefficient (Wildman–Crippen LogP) is 4.54. The van der Waals surface area contributed by atoms with Crippen molar-refractivity contribution in [1.29, 1.82) is 0 Å². The number of carboxylic acid groups (broad SMARTS) is 1. The van der Waals surface area contributed by atoms with E-state index in [1.807, 2.05) is 0 Å². The summed E-state index contributed by atoms with van der Waals surface area (Å²) in [5.74, 6) is -1.10. The third-order valence-corrected chi connectivity index (χ3v) is 3.78. The minimum absolute atomic E-state index is 0.0395. The highest BCUT2D eigenvalue weighted by Crippen LogP contribution is 2.33. The molecule has 3 aromatic rings. The molecule has 0 saturated heterocycles. The first-order valence-electron chi connectivity index (χ1n) is 7.12. The zero-order valence-corrected chi connectivity index (χ0v) is 12.3. The van der Waals surface area contributed by atoms with Gasteiger partial charge in [0.15, 0.2) is 0 Å². The van der Waals surface area contributed by atoms with Crippen LogP contribution in [0.5, 0.6) is 0 Å². The van der Waals surface area contributed by atoms with Crippen LogP contribution in [0.25, 0.3) is 10.9 Å². The second-order valence-corrected chi connectivity index (χ2v) is 5.34. The first-order valence-corrected chi connectivity index (χ1v) is 7.12. The van der Waals surface area contributed by atoms with Crippen LogP contribution in [0, 0.1) is 0 Å². The lowest BCUT2D eigenvalue weighted by Crippen LogP contribution is -2.09. The number of pyridine rings is 1.